The summed E-state index contributed by atoms with van der Waals surface area (Å²) in [5, 5.41) is 0. The van der Waals surface area contributed by atoms with E-state index in [1.165, 1.54) is 0 Å². The van der Waals surface area contributed by atoms with Crippen LogP contribution in [0, 0.1) is 5.41 Å². The van der Waals surface area contributed by atoms with E-state index < -0.39 is 0 Å². The summed E-state index contributed by atoms with van der Waals surface area (Å²) in [6, 6.07) is 7.71. The van der Waals surface area contributed by atoms with Crippen LogP contribution in [0.15, 0.2) is 24.3 Å². The molecular formula is C14H19NO2S. The van der Waals surface area contributed by atoms with E-state index in [9.17, 15) is 4.79 Å². The van der Waals surface area contributed by atoms with E-state index in [0.717, 1.165) is 17.2 Å². The van der Waals surface area contributed by atoms with Gasteiger partial charge in [-0.05, 0) is 23.3 Å². The number of carbonyl (C=O) groups excluding carboxylic acids is 1. The van der Waals surface area contributed by atoms with Crippen molar-refractivity contribution in [1.82, 2.24) is 0 Å². The number of thiol groups is 1. The number of carbonyl (C=O) groups is 1. The van der Waals surface area contributed by atoms with Gasteiger partial charge in [0, 0.05) is 6.54 Å². The highest BCUT2D eigenvalue weighted by Crippen LogP contribution is 2.33. The monoisotopic (exact) mass is 265 g/mol. The maximum atomic E-state index is 12.2. The van der Waals surface area contributed by atoms with Crippen molar-refractivity contribution in [2.45, 2.75) is 20.3 Å². The number of amides is 1. The Kier molecular flexibility index (Phi) is 3.85. The van der Waals surface area contributed by atoms with Crippen molar-refractivity contribution in [2.75, 3.05) is 23.8 Å². The van der Waals surface area contributed by atoms with E-state index >= 15 is 0 Å². The average Bonchev–Trinajstić information content (AvgIpc) is 2.50. The maximum Gasteiger partial charge on any atom is 0.230 e. The Labute approximate surface area is 114 Å². The lowest BCUT2D eigenvalue weighted by Crippen LogP contribution is -2.39. The highest BCUT2D eigenvalue weighted by Gasteiger charge is 2.28. The Balaban J connectivity index is 2.34. The standard InChI is InChI=1S/C14H19NO2S/c1-14(2,10-18)9-15-11-5-3-4-6-12(11)17-8-7-13(15)16/h3-6,18H,7-10H2,1-2H3. The van der Waals surface area contributed by atoms with E-state index in [2.05, 4.69) is 26.5 Å². The summed E-state index contributed by atoms with van der Waals surface area (Å²) < 4.78 is 5.62. The number of hydrogen-bond donors (Lipinski definition) is 1. The van der Waals surface area contributed by atoms with E-state index in [1.807, 2.05) is 29.2 Å². The fraction of sp³-hybridized carbons (Fsp3) is 0.500. The third-order valence-electron chi connectivity index (χ3n) is 3.04. The van der Waals surface area contributed by atoms with Crippen LogP contribution in [0.4, 0.5) is 5.69 Å². The first-order valence-electron chi connectivity index (χ1n) is 6.16. The second-order valence-electron chi connectivity index (χ2n) is 5.37. The van der Waals surface area contributed by atoms with Crippen LogP contribution in [-0.2, 0) is 4.79 Å². The Morgan fingerprint density at radius 1 is 1.39 bits per heavy atom. The summed E-state index contributed by atoms with van der Waals surface area (Å²) in [5.74, 6) is 1.65. The van der Waals surface area contributed by atoms with Crippen LogP contribution in [-0.4, -0.2) is 24.8 Å². The third-order valence-corrected chi connectivity index (χ3v) is 3.90. The molecule has 0 spiro atoms. The van der Waals surface area contributed by atoms with Crippen LogP contribution in [0.25, 0.3) is 0 Å². The number of hydrogen-bond acceptors (Lipinski definition) is 3. The molecule has 0 bridgehead atoms. The zero-order valence-electron chi connectivity index (χ0n) is 10.8. The molecule has 1 aromatic rings. The van der Waals surface area contributed by atoms with Gasteiger partial charge in [-0.25, -0.2) is 0 Å². The quantitative estimate of drug-likeness (QED) is 0.852. The summed E-state index contributed by atoms with van der Waals surface area (Å²) in [5.41, 5.74) is 0.853. The number of para-hydroxylation sites is 2. The van der Waals surface area contributed by atoms with Crippen molar-refractivity contribution in [3.8, 4) is 5.75 Å². The number of nitrogens with zero attached hydrogens (tertiary/aromatic N) is 1. The molecule has 0 atom stereocenters. The van der Waals surface area contributed by atoms with Crippen LogP contribution < -0.4 is 9.64 Å². The molecule has 98 valence electrons. The minimum atomic E-state index is -0.0176. The lowest BCUT2D eigenvalue weighted by atomic mass is 9.95. The van der Waals surface area contributed by atoms with Crippen molar-refractivity contribution < 1.29 is 9.53 Å². The van der Waals surface area contributed by atoms with Crippen molar-refractivity contribution in [2.24, 2.45) is 5.41 Å². The van der Waals surface area contributed by atoms with Crippen molar-refractivity contribution in [3.63, 3.8) is 0 Å². The first kappa shape index (κ1) is 13.3. The largest absolute Gasteiger partial charge is 0.491 e. The maximum absolute atomic E-state index is 12.2. The van der Waals surface area contributed by atoms with E-state index in [1.54, 1.807) is 0 Å². The molecule has 1 amide bonds. The lowest BCUT2D eigenvalue weighted by molar-refractivity contribution is -0.119. The van der Waals surface area contributed by atoms with Crippen LogP contribution in [0.5, 0.6) is 5.75 Å². The molecule has 0 radical (unpaired) electrons. The molecule has 0 saturated heterocycles. The number of benzene rings is 1. The molecule has 3 nitrogen and oxygen atoms in total. The zero-order chi connectivity index (χ0) is 13.2. The van der Waals surface area contributed by atoms with Crippen LogP contribution >= 0.6 is 12.6 Å². The molecular weight excluding hydrogens is 246 g/mol. The fourth-order valence-corrected chi connectivity index (χ4v) is 2.07. The van der Waals surface area contributed by atoms with Crippen LogP contribution in [0.2, 0.25) is 0 Å². The highest BCUT2D eigenvalue weighted by atomic mass is 32.1. The predicted octanol–water partition coefficient (Wildman–Crippen LogP) is 2.76. The molecule has 0 saturated carbocycles. The summed E-state index contributed by atoms with van der Waals surface area (Å²) in [4.78, 5) is 14.0. The average molecular weight is 265 g/mol. The minimum Gasteiger partial charge on any atom is -0.491 e. The second kappa shape index (κ2) is 5.22. The molecule has 1 aromatic carbocycles. The van der Waals surface area contributed by atoms with Gasteiger partial charge in [-0.2, -0.15) is 12.6 Å². The van der Waals surface area contributed by atoms with Crippen molar-refractivity contribution >= 4 is 24.2 Å². The van der Waals surface area contributed by atoms with Gasteiger partial charge in [0.2, 0.25) is 5.91 Å². The Morgan fingerprint density at radius 2 is 2.11 bits per heavy atom. The van der Waals surface area contributed by atoms with Gasteiger partial charge >= 0.3 is 0 Å². The lowest BCUT2D eigenvalue weighted by Gasteiger charge is -2.31. The highest BCUT2D eigenvalue weighted by molar-refractivity contribution is 7.80. The first-order valence-corrected chi connectivity index (χ1v) is 6.80. The molecule has 4 heteroatoms. The fourth-order valence-electron chi connectivity index (χ4n) is 1.97. The van der Waals surface area contributed by atoms with Gasteiger partial charge in [-0.15, -0.1) is 0 Å². The minimum absolute atomic E-state index is 0.0176. The van der Waals surface area contributed by atoms with Gasteiger partial charge in [0.25, 0.3) is 0 Å². The van der Waals surface area contributed by atoms with E-state index in [4.69, 9.17) is 4.74 Å². The number of ether oxygens (including phenoxy) is 1. The molecule has 0 unspecified atom stereocenters. The Bertz CT molecular complexity index is 445. The Hall–Kier alpha value is -1.16. The third kappa shape index (κ3) is 2.80. The number of rotatable bonds is 3. The van der Waals surface area contributed by atoms with Gasteiger partial charge in [0.1, 0.15) is 5.75 Å². The smallest absolute Gasteiger partial charge is 0.230 e. The SMILES string of the molecule is CC(C)(CS)CN1C(=O)CCOc2ccccc21. The summed E-state index contributed by atoms with van der Waals surface area (Å²) in [6.45, 7) is 5.34. The van der Waals surface area contributed by atoms with Gasteiger partial charge in [0.05, 0.1) is 18.7 Å². The van der Waals surface area contributed by atoms with Gasteiger partial charge in [0.15, 0.2) is 0 Å². The molecule has 1 heterocycles. The molecule has 18 heavy (non-hydrogen) atoms. The first-order chi connectivity index (χ1) is 8.53. The molecule has 1 aliphatic heterocycles. The van der Waals surface area contributed by atoms with E-state index in [-0.39, 0.29) is 11.3 Å². The van der Waals surface area contributed by atoms with Gasteiger partial charge in [-0.3, -0.25) is 4.79 Å². The molecule has 0 fully saturated rings. The summed E-state index contributed by atoms with van der Waals surface area (Å²) in [6.07, 6.45) is 0.428. The van der Waals surface area contributed by atoms with Gasteiger partial charge in [-0.1, -0.05) is 26.0 Å². The Morgan fingerprint density at radius 3 is 2.83 bits per heavy atom. The molecule has 0 N–H and O–H groups in total. The number of anilines is 1. The molecule has 1 aliphatic rings. The van der Waals surface area contributed by atoms with Crippen LogP contribution in [0.3, 0.4) is 0 Å². The molecule has 0 aromatic heterocycles. The normalized spacial score (nSPS) is 15.9. The molecule has 2 rings (SSSR count). The summed E-state index contributed by atoms with van der Waals surface area (Å²) in [7, 11) is 0. The van der Waals surface area contributed by atoms with Crippen molar-refractivity contribution in [1.29, 1.82) is 0 Å². The zero-order valence-corrected chi connectivity index (χ0v) is 11.7. The van der Waals surface area contributed by atoms with Gasteiger partial charge < -0.3 is 9.64 Å². The molecule has 0 aliphatic carbocycles. The van der Waals surface area contributed by atoms with E-state index in [0.29, 0.717) is 19.6 Å². The second-order valence-corrected chi connectivity index (χ2v) is 5.68. The number of fused-ring (bicyclic) bond motifs is 1. The summed E-state index contributed by atoms with van der Waals surface area (Å²) >= 11 is 4.36. The van der Waals surface area contributed by atoms with Crippen molar-refractivity contribution in [3.05, 3.63) is 24.3 Å². The topological polar surface area (TPSA) is 29.5 Å². The van der Waals surface area contributed by atoms with Crippen LogP contribution in [0.1, 0.15) is 20.3 Å². The predicted molar refractivity (Wildman–Crippen MR) is 76.5 cm³/mol.